The first-order valence-corrected chi connectivity index (χ1v) is 13.2. The molecule has 0 amide bonds. The summed E-state index contributed by atoms with van der Waals surface area (Å²) in [4.78, 5) is 25.4. The fourth-order valence-corrected chi connectivity index (χ4v) is 5.68. The van der Waals surface area contributed by atoms with E-state index < -0.39 is 17.7 Å². The minimum atomic E-state index is -4.42. The molecule has 10 heteroatoms. The average Bonchev–Trinajstić information content (AvgIpc) is 3.47. The van der Waals surface area contributed by atoms with Crippen LogP contribution in [0.2, 0.25) is 0 Å². The minimum Gasteiger partial charge on any atom is -0.475 e. The predicted molar refractivity (Wildman–Crippen MR) is 141 cm³/mol. The van der Waals surface area contributed by atoms with E-state index in [0.717, 1.165) is 56.2 Å². The molecule has 39 heavy (non-hydrogen) atoms. The zero-order chi connectivity index (χ0) is 27.3. The van der Waals surface area contributed by atoms with Crippen molar-refractivity contribution < 1.29 is 23.1 Å². The van der Waals surface area contributed by atoms with Crippen LogP contribution in [0.25, 0.3) is 22.6 Å². The SMILES string of the molecule is C[C@@H](Nc1nc(C(=O)O)nc2nc(-c3cccc4c3CCC4)n(Cc3ccc(C(F)(F)F)cc3)c12)C1CCC1. The molecule has 0 spiro atoms. The minimum absolute atomic E-state index is 0.0531. The number of halogens is 3. The molecule has 2 heterocycles. The van der Waals surface area contributed by atoms with Crippen LogP contribution in [-0.2, 0) is 25.6 Å². The molecule has 4 aromatic rings. The first-order chi connectivity index (χ1) is 18.7. The van der Waals surface area contributed by atoms with Gasteiger partial charge in [0.25, 0.3) is 0 Å². The number of benzene rings is 2. The molecule has 6 rings (SSSR count). The molecular weight excluding hydrogens is 507 g/mol. The highest BCUT2D eigenvalue weighted by Gasteiger charge is 2.31. The molecule has 202 valence electrons. The van der Waals surface area contributed by atoms with Gasteiger partial charge in [0.1, 0.15) is 11.3 Å². The maximum absolute atomic E-state index is 13.2. The second kappa shape index (κ2) is 9.66. The second-order valence-corrected chi connectivity index (χ2v) is 10.5. The van der Waals surface area contributed by atoms with Crippen LogP contribution in [0.1, 0.15) is 65.5 Å². The third-order valence-electron chi connectivity index (χ3n) is 8.02. The van der Waals surface area contributed by atoms with Crippen molar-refractivity contribution in [3.63, 3.8) is 0 Å². The number of hydrogen-bond donors (Lipinski definition) is 2. The zero-order valence-electron chi connectivity index (χ0n) is 21.4. The molecule has 2 N–H and O–H groups in total. The lowest BCUT2D eigenvalue weighted by molar-refractivity contribution is -0.137. The molecule has 2 aliphatic rings. The normalized spacial score (nSPS) is 16.2. The van der Waals surface area contributed by atoms with Crippen LogP contribution >= 0.6 is 0 Å². The molecule has 0 unspecified atom stereocenters. The van der Waals surface area contributed by atoms with Gasteiger partial charge in [-0.25, -0.2) is 19.7 Å². The number of hydrogen-bond acceptors (Lipinski definition) is 5. The largest absolute Gasteiger partial charge is 0.475 e. The number of alkyl halides is 3. The molecule has 1 saturated carbocycles. The highest BCUT2D eigenvalue weighted by atomic mass is 19.4. The highest BCUT2D eigenvalue weighted by Crippen LogP contribution is 2.37. The zero-order valence-corrected chi connectivity index (χ0v) is 21.4. The van der Waals surface area contributed by atoms with E-state index in [1.54, 1.807) is 0 Å². The van der Waals surface area contributed by atoms with Gasteiger partial charge in [-0.1, -0.05) is 36.8 Å². The van der Waals surface area contributed by atoms with Crippen molar-refractivity contribution in [2.75, 3.05) is 5.32 Å². The van der Waals surface area contributed by atoms with E-state index in [2.05, 4.69) is 28.3 Å². The molecule has 0 saturated heterocycles. The van der Waals surface area contributed by atoms with Crippen LogP contribution in [-0.4, -0.2) is 36.6 Å². The second-order valence-electron chi connectivity index (χ2n) is 10.5. The van der Waals surface area contributed by atoms with Crippen molar-refractivity contribution in [2.45, 2.75) is 64.2 Å². The summed E-state index contributed by atoms with van der Waals surface area (Å²) in [5, 5.41) is 13.2. The number of aromatic nitrogens is 4. The van der Waals surface area contributed by atoms with E-state index in [4.69, 9.17) is 4.98 Å². The van der Waals surface area contributed by atoms with Crippen molar-refractivity contribution in [1.29, 1.82) is 0 Å². The molecule has 0 aliphatic heterocycles. The lowest BCUT2D eigenvalue weighted by Crippen LogP contribution is -2.31. The topological polar surface area (TPSA) is 92.9 Å². The number of nitrogens with zero attached hydrogens (tertiary/aromatic N) is 4. The summed E-state index contributed by atoms with van der Waals surface area (Å²) < 4.78 is 41.5. The van der Waals surface area contributed by atoms with Crippen LogP contribution in [0.5, 0.6) is 0 Å². The number of rotatable bonds is 7. The molecule has 2 aromatic heterocycles. The van der Waals surface area contributed by atoms with Crippen molar-refractivity contribution in [3.05, 3.63) is 70.5 Å². The molecule has 1 atom stereocenters. The summed E-state index contributed by atoms with van der Waals surface area (Å²) in [6.45, 7) is 2.27. The fraction of sp³-hybridized carbons (Fsp3) is 0.379. The first-order valence-electron chi connectivity index (χ1n) is 13.2. The number of carboxylic acids is 1. The van der Waals surface area contributed by atoms with Gasteiger partial charge < -0.3 is 15.0 Å². The summed E-state index contributed by atoms with van der Waals surface area (Å²) in [6, 6.07) is 11.2. The maximum Gasteiger partial charge on any atom is 0.416 e. The van der Waals surface area contributed by atoms with E-state index in [-0.39, 0.29) is 24.1 Å². The monoisotopic (exact) mass is 535 g/mol. The van der Waals surface area contributed by atoms with Crippen molar-refractivity contribution in [1.82, 2.24) is 19.5 Å². The maximum atomic E-state index is 13.2. The molecular formula is C29H28F3N5O2. The Morgan fingerprint density at radius 2 is 1.85 bits per heavy atom. The third-order valence-corrected chi connectivity index (χ3v) is 8.02. The van der Waals surface area contributed by atoms with Crippen molar-refractivity contribution >= 4 is 23.0 Å². The molecule has 0 radical (unpaired) electrons. The standard InChI is InChI=1S/C29H28F3N5O2/c1-16(18-5-2-6-18)33-24-23-25(35-26(34-24)28(38)39)36-27(22-10-4-8-19-7-3-9-21(19)22)37(23)15-17-11-13-20(14-12-17)29(30,31)32/h4,8,10-14,16,18H,2-3,5-7,9,15H2,1H3,(H,38,39)(H,33,34,35)/t16-/m1/s1. The van der Waals surface area contributed by atoms with Gasteiger partial charge >= 0.3 is 12.1 Å². The van der Waals surface area contributed by atoms with E-state index in [1.807, 2.05) is 16.7 Å². The molecule has 0 bridgehead atoms. The lowest BCUT2D eigenvalue weighted by atomic mass is 9.80. The van der Waals surface area contributed by atoms with Gasteiger partial charge in [-0.3, -0.25) is 0 Å². The first kappa shape index (κ1) is 25.3. The Morgan fingerprint density at radius 3 is 2.51 bits per heavy atom. The summed E-state index contributed by atoms with van der Waals surface area (Å²) >= 11 is 0. The number of aromatic carboxylic acids is 1. The van der Waals surface area contributed by atoms with E-state index in [0.29, 0.717) is 28.6 Å². The van der Waals surface area contributed by atoms with Gasteiger partial charge in [0, 0.05) is 18.2 Å². The molecule has 2 aliphatic carbocycles. The van der Waals surface area contributed by atoms with Crippen LogP contribution in [0.15, 0.2) is 42.5 Å². The Bertz CT molecular complexity index is 1560. The number of aryl methyl sites for hydroxylation is 1. The molecule has 7 nitrogen and oxygen atoms in total. The highest BCUT2D eigenvalue weighted by molar-refractivity contribution is 5.92. The Kier molecular flexibility index (Phi) is 6.28. The smallest absolute Gasteiger partial charge is 0.416 e. The summed E-state index contributed by atoms with van der Waals surface area (Å²) in [7, 11) is 0. The fourth-order valence-electron chi connectivity index (χ4n) is 5.68. The molecule has 1 fully saturated rings. The molecule has 2 aromatic carbocycles. The number of anilines is 1. The predicted octanol–water partition coefficient (Wildman–Crippen LogP) is 6.35. The number of carboxylic acid groups (broad SMARTS) is 1. The van der Waals surface area contributed by atoms with Gasteiger partial charge in [0.2, 0.25) is 5.82 Å². The Hall–Kier alpha value is -3.95. The Labute approximate surface area is 223 Å². The summed E-state index contributed by atoms with van der Waals surface area (Å²) in [5.74, 6) is -0.188. The third kappa shape index (κ3) is 4.72. The van der Waals surface area contributed by atoms with Crippen LogP contribution in [0.4, 0.5) is 19.0 Å². The van der Waals surface area contributed by atoms with Crippen LogP contribution in [0, 0.1) is 5.92 Å². The van der Waals surface area contributed by atoms with Gasteiger partial charge in [-0.05, 0) is 73.8 Å². The van der Waals surface area contributed by atoms with E-state index in [1.165, 1.54) is 23.3 Å². The quantitative estimate of drug-likeness (QED) is 0.287. The van der Waals surface area contributed by atoms with Crippen LogP contribution < -0.4 is 5.32 Å². The van der Waals surface area contributed by atoms with Gasteiger partial charge in [-0.15, -0.1) is 0 Å². The number of carbonyl (C=O) groups is 1. The van der Waals surface area contributed by atoms with E-state index in [9.17, 15) is 23.1 Å². The van der Waals surface area contributed by atoms with E-state index >= 15 is 0 Å². The number of imidazole rings is 1. The number of nitrogens with one attached hydrogen (secondary N) is 1. The lowest BCUT2D eigenvalue weighted by Gasteiger charge is -2.32. The summed E-state index contributed by atoms with van der Waals surface area (Å²) in [6.07, 6.45) is 1.79. The van der Waals surface area contributed by atoms with Crippen LogP contribution in [0.3, 0.4) is 0 Å². The Morgan fingerprint density at radius 1 is 1.08 bits per heavy atom. The Balaban J connectivity index is 1.54. The van der Waals surface area contributed by atoms with Gasteiger partial charge in [-0.2, -0.15) is 13.2 Å². The summed E-state index contributed by atoms with van der Waals surface area (Å²) in [5.41, 5.74) is 4.06. The van der Waals surface area contributed by atoms with Gasteiger partial charge in [0.15, 0.2) is 11.5 Å². The van der Waals surface area contributed by atoms with Crippen molar-refractivity contribution in [3.8, 4) is 11.4 Å². The number of fused-ring (bicyclic) bond motifs is 2. The van der Waals surface area contributed by atoms with Crippen molar-refractivity contribution in [2.24, 2.45) is 5.92 Å². The average molecular weight is 536 g/mol. The van der Waals surface area contributed by atoms with Gasteiger partial charge in [0.05, 0.1) is 5.56 Å².